The van der Waals surface area contributed by atoms with Gasteiger partial charge in [-0.05, 0) is 31.4 Å². The van der Waals surface area contributed by atoms with Crippen LogP contribution in [0.15, 0.2) is 34.9 Å². The van der Waals surface area contributed by atoms with Gasteiger partial charge in [-0.3, -0.25) is 4.79 Å². The lowest BCUT2D eigenvalue weighted by atomic mass is 9.82. The van der Waals surface area contributed by atoms with E-state index in [1.54, 1.807) is 6.07 Å². The topological polar surface area (TPSA) is 76.4 Å². The highest BCUT2D eigenvalue weighted by atomic mass is 35.5. The third-order valence-corrected chi connectivity index (χ3v) is 5.47. The Morgan fingerprint density at radius 3 is 3.12 bits per heavy atom. The number of carbonyl (C=O) groups excluding carboxylic acids is 1. The Balaban J connectivity index is 1.33. The summed E-state index contributed by atoms with van der Waals surface area (Å²) in [5, 5.41) is 11.1. The number of nitrogens with one attached hydrogen (secondary N) is 2. The minimum Gasteiger partial charge on any atom is -0.375 e. The Morgan fingerprint density at radius 1 is 1.35 bits per heavy atom. The van der Waals surface area contributed by atoms with Crippen molar-refractivity contribution in [2.75, 3.05) is 13.2 Å². The molecule has 2 aliphatic rings. The summed E-state index contributed by atoms with van der Waals surface area (Å²) in [5.74, 6) is 0.683. The quantitative estimate of drug-likeness (QED) is 0.859. The lowest BCUT2D eigenvalue weighted by Crippen LogP contribution is -2.53. The van der Waals surface area contributed by atoms with Crippen LogP contribution in [0.25, 0.3) is 11.3 Å². The van der Waals surface area contributed by atoms with Gasteiger partial charge in [0.1, 0.15) is 5.69 Å². The summed E-state index contributed by atoms with van der Waals surface area (Å²) in [7, 11) is 0. The van der Waals surface area contributed by atoms with E-state index in [-0.39, 0.29) is 24.0 Å². The van der Waals surface area contributed by atoms with E-state index in [9.17, 15) is 4.79 Å². The molecule has 2 aromatic rings. The molecule has 26 heavy (non-hydrogen) atoms. The number of aromatic nitrogens is 1. The van der Waals surface area contributed by atoms with Crippen molar-refractivity contribution < 1.29 is 14.1 Å². The summed E-state index contributed by atoms with van der Waals surface area (Å²) in [4.78, 5) is 12.5. The highest BCUT2D eigenvalue weighted by Gasteiger charge is 2.35. The van der Waals surface area contributed by atoms with Crippen molar-refractivity contribution >= 4 is 17.5 Å². The average Bonchev–Trinajstić information content (AvgIpc) is 3.15. The summed E-state index contributed by atoms with van der Waals surface area (Å²) in [6.07, 6.45) is 2.86. The van der Waals surface area contributed by atoms with Crippen LogP contribution in [0.3, 0.4) is 0 Å². The van der Waals surface area contributed by atoms with Gasteiger partial charge in [-0.25, -0.2) is 0 Å². The molecule has 2 heterocycles. The van der Waals surface area contributed by atoms with Gasteiger partial charge in [0.2, 0.25) is 5.91 Å². The van der Waals surface area contributed by atoms with Crippen LogP contribution in [0, 0.1) is 5.92 Å². The molecule has 2 N–H and O–H groups in total. The highest BCUT2D eigenvalue weighted by molar-refractivity contribution is 6.33. The molecule has 0 bridgehead atoms. The van der Waals surface area contributed by atoms with Gasteiger partial charge in [-0.2, -0.15) is 0 Å². The monoisotopic (exact) mass is 375 g/mol. The molecule has 1 saturated heterocycles. The predicted octanol–water partition coefficient (Wildman–Crippen LogP) is 2.77. The highest BCUT2D eigenvalue weighted by Crippen LogP contribution is 2.29. The molecule has 4 rings (SSSR count). The molecule has 1 amide bonds. The Labute approximate surface area is 157 Å². The Kier molecular flexibility index (Phi) is 5.24. The van der Waals surface area contributed by atoms with Crippen LogP contribution in [0.5, 0.6) is 0 Å². The number of fused-ring (bicyclic) bond motifs is 1. The van der Waals surface area contributed by atoms with Gasteiger partial charge in [0.15, 0.2) is 5.76 Å². The first kappa shape index (κ1) is 17.5. The number of morpholine rings is 1. The van der Waals surface area contributed by atoms with E-state index in [0.29, 0.717) is 23.0 Å². The van der Waals surface area contributed by atoms with Crippen LogP contribution >= 0.6 is 11.6 Å². The second kappa shape index (κ2) is 7.78. The molecular formula is C19H22ClN3O3. The maximum absolute atomic E-state index is 12.5. The van der Waals surface area contributed by atoms with Crippen LogP contribution < -0.4 is 10.6 Å². The molecule has 3 atom stereocenters. The normalized spacial score (nSPS) is 25.5. The first-order chi connectivity index (χ1) is 12.7. The molecule has 1 aliphatic heterocycles. The maximum atomic E-state index is 12.5. The third kappa shape index (κ3) is 3.77. The smallest absolute Gasteiger partial charge is 0.223 e. The van der Waals surface area contributed by atoms with Crippen molar-refractivity contribution in [3.8, 4) is 11.3 Å². The number of nitrogens with zero attached hydrogens (tertiary/aromatic N) is 1. The molecule has 138 valence electrons. The number of halogens is 1. The molecule has 7 heteroatoms. The average molecular weight is 376 g/mol. The molecular weight excluding hydrogens is 354 g/mol. The van der Waals surface area contributed by atoms with E-state index in [1.807, 2.05) is 24.3 Å². The number of ether oxygens (including phenoxy) is 1. The summed E-state index contributed by atoms with van der Waals surface area (Å²) < 4.78 is 11.1. The molecule has 6 nitrogen and oxygen atoms in total. The van der Waals surface area contributed by atoms with Crippen LogP contribution in [0.2, 0.25) is 5.02 Å². The molecule has 0 spiro atoms. The number of hydrogen-bond donors (Lipinski definition) is 2. The zero-order chi connectivity index (χ0) is 17.9. The summed E-state index contributed by atoms with van der Waals surface area (Å²) in [6.45, 7) is 1.97. The van der Waals surface area contributed by atoms with Crippen LogP contribution in [0.1, 0.15) is 25.0 Å². The number of hydrogen-bond acceptors (Lipinski definition) is 5. The van der Waals surface area contributed by atoms with Crippen molar-refractivity contribution in [3.05, 3.63) is 41.0 Å². The summed E-state index contributed by atoms with van der Waals surface area (Å²) in [5.41, 5.74) is 1.47. The SMILES string of the molecule is O=C(NCc1cc(-c2ccccc2Cl)on1)[C@H]1CC[C@H]2OCCN[C@@H]2C1. The van der Waals surface area contributed by atoms with Crippen LogP contribution in [-0.2, 0) is 16.1 Å². The van der Waals surface area contributed by atoms with Gasteiger partial charge in [0.05, 0.1) is 24.3 Å². The third-order valence-electron chi connectivity index (χ3n) is 5.14. The fraction of sp³-hybridized carbons (Fsp3) is 0.474. The number of benzene rings is 1. The molecule has 1 saturated carbocycles. The fourth-order valence-corrected chi connectivity index (χ4v) is 3.98. The first-order valence-electron chi connectivity index (χ1n) is 9.04. The van der Waals surface area contributed by atoms with Gasteiger partial charge in [-0.15, -0.1) is 0 Å². The first-order valence-corrected chi connectivity index (χ1v) is 9.41. The number of rotatable bonds is 4. The van der Waals surface area contributed by atoms with Gasteiger partial charge >= 0.3 is 0 Å². The van der Waals surface area contributed by atoms with E-state index in [1.165, 1.54) is 0 Å². The lowest BCUT2D eigenvalue weighted by Gasteiger charge is -2.39. The van der Waals surface area contributed by atoms with Crippen LogP contribution in [0.4, 0.5) is 0 Å². The number of amides is 1. The largest absolute Gasteiger partial charge is 0.375 e. The molecule has 1 aromatic heterocycles. The molecule has 1 aliphatic carbocycles. The molecule has 0 unspecified atom stereocenters. The second-order valence-corrected chi connectivity index (χ2v) is 7.27. The van der Waals surface area contributed by atoms with Crippen molar-refractivity contribution in [1.82, 2.24) is 15.8 Å². The molecule has 1 aromatic carbocycles. The van der Waals surface area contributed by atoms with E-state index in [4.69, 9.17) is 20.9 Å². The van der Waals surface area contributed by atoms with Crippen molar-refractivity contribution in [3.63, 3.8) is 0 Å². The van der Waals surface area contributed by atoms with Crippen molar-refractivity contribution in [2.45, 2.75) is 38.0 Å². The van der Waals surface area contributed by atoms with E-state index >= 15 is 0 Å². The van der Waals surface area contributed by atoms with Gasteiger partial charge < -0.3 is 19.9 Å². The Morgan fingerprint density at radius 2 is 2.23 bits per heavy atom. The van der Waals surface area contributed by atoms with Crippen molar-refractivity contribution in [2.24, 2.45) is 5.92 Å². The van der Waals surface area contributed by atoms with E-state index < -0.39 is 0 Å². The number of carbonyl (C=O) groups is 1. The second-order valence-electron chi connectivity index (χ2n) is 6.86. The van der Waals surface area contributed by atoms with Gasteiger partial charge in [-0.1, -0.05) is 28.9 Å². The minimum absolute atomic E-state index is 0.0142. The molecule has 2 fully saturated rings. The van der Waals surface area contributed by atoms with Gasteiger partial charge in [0, 0.05) is 30.1 Å². The summed E-state index contributed by atoms with van der Waals surface area (Å²) in [6, 6.07) is 9.54. The van der Waals surface area contributed by atoms with E-state index in [0.717, 1.165) is 38.0 Å². The lowest BCUT2D eigenvalue weighted by molar-refractivity contribution is -0.128. The van der Waals surface area contributed by atoms with E-state index in [2.05, 4.69) is 15.8 Å². The minimum atomic E-state index is 0.0142. The van der Waals surface area contributed by atoms with Gasteiger partial charge in [0.25, 0.3) is 0 Å². The molecule has 0 radical (unpaired) electrons. The zero-order valence-corrected chi connectivity index (χ0v) is 15.2. The van der Waals surface area contributed by atoms with Crippen LogP contribution in [-0.4, -0.2) is 36.4 Å². The Bertz CT molecular complexity index is 779. The fourth-order valence-electron chi connectivity index (χ4n) is 3.75. The maximum Gasteiger partial charge on any atom is 0.223 e. The predicted molar refractivity (Wildman–Crippen MR) is 97.7 cm³/mol. The summed E-state index contributed by atoms with van der Waals surface area (Å²) >= 11 is 6.18. The van der Waals surface area contributed by atoms with Crippen molar-refractivity contribution in [1.29, 1.82) is 0 Å². The standard InChI is InChI=1S/C19H22ClN3O3/c20-15-4-2-1-3-14(15)18-10-13(23-26-18)11-22-19(24)12-5-6-17-16(9-12)21-7-8-25-17/h1-4,10,12,16-17,21H,5-9,11H2,(H,22,24)/t12-,16+,17+/m0/s1. The Hall–Kier alpha value is -1.89. The zero-order valence-electron chi connectivity index (χ0n) is 14.4.